The number of aryl methyl sites for hydroxylation is 2. The van der Waals surface area contributed by atoms with E-state index in [1.54, 1.807) is 46.4 Å². The van der Waals surface area contributed by atoms with Crippen molar-refractivity contribution >= 4 is 17.5 Å². The molecule has 0 atom stereocenters. The van der Waals surface area contributed by atoms with Gasteiger partial charge in [0.1, 0.15) is 5.82 Å². The summed E-state index contributed by atoms with van der Waals surface area (Å²) in [6.07, 6.45) is 7.43. The SMILES string of the molecule is CC(C)CN1CCCN(C(=O)CCc2ccnn2C)Cc2cc(F)ccc2N(C(=O)c2cccnc2)CCC1. The summed E-state index contributed by atoms with van der Waals surface area (Å²) in [5, 5.41) is 4.20. The molecule has 0 spiro atoms. The van der Waals surface area contributed by atoms with Crippen molar-refractivity contribution < 1.29 is 14.0 Å². The minimum Gasteiger partial charge on any atom is -0.338 e. The Labute approximate surface area is 230 Å². The Bertz CT molecular complexity index is 1250. The summed E-state index contributed by atoms with van der Waals surface area (Å²) in [6.45, 7) is 8.32. The molecular weight excluding hydrogens is 495 g/mol. The third kappa shape index (κ3) is 7.72. The normalized spacial score (nSPS) is 15.5. The van der Waals surface area contributed by atoms with E-state index in [0.29, 0.717) is 48.7 Å². The number of hydrogen-bond donors (Lipinski definition) is 0. The molecule has 208 valence electrons. The van der Waals surface area contributed by atoms with Crippen molar-refractivity contribution in [1.29, 1.82) is 0 Å². The van der Waals surface area contributed by atoms with Crippen LogP contribution < -0.4 is 4.90 Å². The van der Waals surface area contributed by atoms with E-state index in [1.165, 1.54) is 12.1 Å². The van der Waals surface area contributed by atoms with Gasteiger partial charge in [-0.15, -0.1) is 0 Å². The van der Waals surface area contributed by atoms with Crippen LogP contribution in [0.5, 0.6) is 0 Å². The van der Waals surface area contributed by atoms with Crippen LogP contribution in [0.1, 0.15) is 54.7 Å². The molecule has 39 heavy (non-hydrogen) atoms. The zero-order valence-corrected chi connectivity index (χ0v) is 23.2. The Balaban J connectivity index is 1.66. The first kappa shape index (κ1) is 28.4. The number of rotatable bonds is 6. The number of fused-ring (bicyclic) bond motifs is 1. The molecule has 4 rings (SSSR count). The first-order valence-electron chi connectivity index (χ1n) is 13.8. The minimum atomic E-state index is -0.389. The molecule has 1 aliphatic rings. The highest BCUT2D eigenvalue weighted by atomic mass is 19.1. The van der Waals surface area contributed by atoms with Crippen LogP contribution in [0.25, 0.3) is 0 Å². The maximum absolute atomic E-state index is 14.6. The molecular formula is C30H39FN6O2. The lowest BCUT2D eigenvalue weighted by molar-refractivity contribution is -0.131. The quantitative estimate of drug-likeness (QED) is 0.471. The number of anilines is 1. The Kier molecular flexibility index (Phi) is 9.81. The fraction of sp³-hybridized carbons (Fsp3) is 0.467. The number of halogens is 1. The fourth-order valence-corrected chi connectivity index (χ4v) is 5.21. The molecule has 2 aromatic heterocycles. The summed E-state index contributed by atoms with van der Waals surface area (Å²) in [5.74, 6) is -0.0621. The van der Waals surface area contributed by atoms with Gasteiger partial charge in [0.05, 0.1) is 5.56 Å². The maximum atomic E-state index is 14.6. The van der Waals surface area contributed by atoms with Crippen molar-refractivity contribution in [2.75, 3.05) is 37.6 Å². The summed E-state index contributed by atoms with van der Waals surface area (Å²) < 4.78 is 16.3. The zero-order chi connectivity index (χ0) is 27.8. The van der Waals surface area contributed by atoms with E-state index >= 15 is 0 Å². The second-order valence-corrected chi connectivity index (χ2v) is 10.6. The standard InChI is InChI=1S/C30H39FN6O2/c1-23(2)21-35-15-5-17-36(29(38)11-9-27-12-14-33-34(27)3)22-25-19-26(31)8-10-28(25)37(18-6-16-35)30(39)24-7-4-13-32-20-24/h4,7-8,10,12-14,19-20,23H,5-6,9,11,15-18,21-22H2,1-3H3. The van der Waals surface area contributed by atoms with E-state index in [-0.39, 0.29) is 24.2 Å². The van der Waals surface area contributed by atoms with Gasteiger partial charge in [0.15, 0.2) is 0 Å². The summed E-state index contributed by atoms with van der Waals surface area (Å²) in [7, 11) is 1.87. The van der Waals surface area contributed by atoms with E-state index in [0.717, 1.165) is 38.2 Å². The largest absolute Gasteiger partial charge is 0.338 e. The van der Waals surface area contributed by atoms with Crippen molar-refractivity contribution in [3.8, 4) is 0 Å². The fourth-order valence-electron chi connectivity index (χ4n) is 5.21. The molecule has 3 heterocycles. The van der Waals surface area contributed by atoms with Crippen molar-refractivity contribution in [2.24, 2.45) is 13.0 Å². The molecule has 0 radical (unpaired) electrons. The average molecular weight is 535 g/mol. The highest BCUT2D eigenvalue weighted by Gasteiger charge is 2.25. The van der Waals surface area contributed by atoms with Crippen LogP contribution in [0.4, 0.5) is 10.1 Å². The number of hydrogen-bond acceptors (Lipinski definition) is 5. The second-order valence-electron chi connectivity index (χ2n) is 10.6. The van der Waals surface area contributed by atoms with Gasteiger partial charge >= 0.3 is 0 Å². The zero-order valence-electron chi connectivity index (χ0n) is 23.2. The molecule has 2 amide bonds. The van der Waals surface area contributed by atoms with Gasteiger partial charge in [-0.25, -0.2) is 4.39 Å². The first-order valence-corrected chi connectivity index (χ1v) is 13.8. The van der Waals surface area contributed by atoms with Crippen molar-refractivity contribution in [1.82, 2.24) is 24.6 Å². The number of pyridine rings is 1. The third-order valence-corrected chi connectivity index (χ3v) is 7.10. The lowest BCUT2D eigenvalue weighted by atomic mass is 10.1. The Morgan fingerprint density at radius 2 is 1.82 bits per heavy atom. The number of benzene rings is 1. The molecule has 1 aliphatic heterocycles. The van der Waals surface area contributed by atoms with Gasteiger partial charge in [-0.2, -0.15) is 5.10 Å². The van der Waals surface area contributed by atoms with Gasteiger partial charge in [0.2, 0.25) is 5.91 Å². The highest BCUT2D eigenvalue weighted by Crippen LogP contribution is 2.27. The lowest BCUT2D eigenvalue weighted by Gasteiger charge is -2.32. The highest BCUT2D eigenvalue weighted by molar-refractivity contribution is 6.06. The maximum Gasteiger partial charge on any atom is 0.259 e. The number of aromatic nitrogens is 3. The topological polar surface area (TPSA) is 74.6 Å². The van der Waals surface area contributed by atoms with E-state index in [2.05, 4.69) is 28.8 Å². The molecule has 0 unspecified atom stereocenters. The van der Waals surface area contributed by atoms with Crippen molar-refractivity contribution in [3.63, 3.8) is 0 Å². The summed E-state index contributed by atoms with van der Waals surface area (Å²) in [4.78, 5) is 37.3. The molecule has 0 saturated carbocycles. The Morgan fingerprint density at radius 1 is 1.03 bits per heavy atom. The molecule has 0 aliphatic carbocycles. The smallest absolute Gasteiger partial charge is 0.259 e. The molecule has 0 fully saturated rings. The third-order valence-electron chi connectivity index (χ3n) is 7.10. The van der Waals surface area contributed by atoms with Gasteiger partial charge in [0.25, 0.3) is 5.91 Å². The Morgan fingerprint density at radius 3 is 2.51 bits per heavy atom. The summed E-state index contributed by atoms with van der Waals surface area (Å²) >= 11 is 0. The van der Waals surface area contributed by atoms with Crippen LogP contribution in [0.15, 0.2) is 55.0 Å². The van der Waals surface area contributed by atoms with Gasteiger partial charge < -0.3 is 14.7 Å². The molecule has 1 aromatic carbocycles. The summed E-state index contributed by atoms with van der Waals surface area (Å²) in [6, 6.07) is 9.90. The molecule has 3 aromatic rings. The average Bonchev–Trinajstić information content (AvgIpc) is 3.33. The van der Waals surface area contributed by atoms with E-state index in [9.17, 15) is 14.0 Å². The van der Waals surface area contributed by atoms with E-state index in [4.69, 9.17) is 0 Å². The van der Waals surface area contributed by atoms with Crippen molar-refractivity contribution in [2.45, 2.75) is 46.1 Å². The molecule has 8 nitrogen and oxygen atoms in total. The van der Waals surface area contributed by atoms with Crippen LogP contribution >= 0.6 is 0 Å². The van der Waals surface area contributed by atoms with Crippen LogP contribution in [-0.2, 0) is 24.8 Å². The van der Waals surface area contributed by atoms with Crippen LogP contribution in [0, 0.1) is 11.7 Å². The lowest BCUT2D eigenvalue weighted by Crippen LogP contribution is -2.40. The predicted octanol–water partition coefficient (Wildman–Crippen LogP) is 4.31. The van der Waals surface area contributed by atoms with Gasteiger partial charge in [0, 0.05) is 69.6 Å². The monoisotopic (exact) mass is 534 g/mol. The second kappa shape index (κ2) is 13.5. The number of nitrogens with zero attached hydrogens (tertiary/aromatic N) is 6. The number of carbonyl (C=O) groups is 2. The van der Waals surface area contributed by atoms with E-state index < -0.39 is 0 Å². The minimum absolute atomic E-state index is 0.00372. The first-order chi connectivity index (χ1) is 18.8. The molecule has 0 N–H and O–H groups in total. The van der Waals surface area contributed by atoms with E-state index in [1.807, 2.05) is 18.0 Å². The summed E-state index contributed by atoms with van der Waals surface area (Å²) in [5.41, 5.74) is 2.72. The van der Waals surface area contributed by atoms with Crippen LogP contribution in [-0.4, -0.2) is 69.1 Å². The predicted molar refractivity (Wildman–Crippen MR) is 150 cm³/mol. The van der Waals surface area contributed by atoms with Crippen LogP contribution in [0.3, 0.4) is 0 Å². The molecule has 9 heteroatoms. The molecule has 0 saturated heterocycles. The number of carbonyl (C=O) groups excluding carboxylic acids is 2. The van der Waals surface area contributed by atoms with Gasteiger partial charge in [-0.05, 0) is 80.2 Å². The number of amides is 2. The van der Waals surface area contributed by atoms with Crippen molar-refractivity contribution in [3.05, 3.63) is 77.6 Å². The van der Waals surface area contributed by atoms with Gasteiger partial charge in [-0.3, -0.25) is 19.3 Å². The van der Waals surface area contributed by atoms with Gasteiger partial charge in [-0.1, -0.05) is 13.8 Å². The Hall–Kier alpha value is -3.59. The molecule has 0 bridgehead atoms. The van der Waals surface area contributed by atoms with Crippen LogP contribution in [0.2, 0.25) is 0 Å².